The van der Waals surface area contributed by atoms with Crippen molar-refractivity contribution in [1.82, 2.24) is 15.2 Å². The van der Waals surface area contributed by atoms with Gasteiger partial charge in [0.25, 0.3) is 0 Å². The number of hydrogen-bond acceptors (Lipinski definition) is 3. The minimum Gasteiger partial charge on any atom is -0.280 e. The molecule has 1 aliphatic heterocycles. The predicted molar refractivity (Wildman–Crippen MR) is 46.1 cm³/mol. The van der Waals surface area contributed by atoms with Gasteiger partial charge in [-0.05, 0) is 0 Å². The second-order valence-corrected chi connectivity index (χ2v) is 3.91. The van der Waals surface area contributed by atoms with Gasteiger partial charge in [0.1, 0.15) is 6.33 Å². The standard InChI is InChI=1S/C6H7BrN4O/c7-4-1-5(12)11(2-4)6-8-3-9-10-6/h3-4H,1-2H2,(H,8,9,10). The average molecular weight is 231 g/mol. The zero-order valence-electron chi connectivity index (χ0n) is 6.20. The van der Waals surface area contributed by atoms with E-state index in [9.17, 15) is 4.79 Å². The van der Waals surface area contributed by atoms with Crippen molar-refractivity contribution in [2.45, 2.75) is 11.2 Å². The summed E-state index contributed by atoms with van der Waals surface area (Å²) in [6.45, 7) is 0.661. The van der Waals surface area contributed by atoms with Crippen LogP contribution in [-0.4, -0.2) is 32.5 Å². The second kappa shape index (κ2) is 2.85. The molecule has 1 amide bonds. The van der Waals surface area contributed by atoms with Gasteiger partial charge in [0, 0.05) is 17.8 Å². The number of carbonyl (C=O) groups is 1. The van der Waals surface area contributed by atoms with Crippen molar-refractivity contribution in [3.8, 4) is 0 Å². The van der Waals surface area contributed by atoms with Gasteiger partial charge in [-0.15, -0.1) is 0 Å². The lowest BCUT2D eigenvalue weighted by Gasteiger charge is -2.09. The number of alkyl halides is 1. The molecule has 0 radical (unpaired) electrons. The Kier molecular flexibility index (Phi) is 1.84. The number of H-pyrrole nitrogens is 1. The molecule has 1 fully saturated rings. The van der Waals surface area contributed by atoms with Crippen LogP contribution in [0.25, 0.3) is 0 Å². The van der Waals surface area contributed by atoms with E-state index in [0.717, 1.165) is 0 Å². The molecule has 0 bridgehead atoms. The van der Waals surface area contributed by atoms with Crippen LogP contribution in [0, 0.1) is 0 Å². The maximum atomic E-state index is 11.3. The van der Waals surface area contributed by atoms with Gasteiger partial charge in [0.15, 0.2) is 0 Å². The van der Waals surface area contributed by atoms with Gasteiger partial charge >= 0.3 is 0 Å². The van der Waals surface area contributed by atoms with E-state index in [2.05, 4.69) is 31.1 Å². The zero-order chi connectivity index (χ0) is 8.55. The Morgan fingerprint density at radius 1 is 1.75 bits per heavy atom. The number of hydrogen-bond donors (Lipinski definition) is 1. The summed E-state index contributed by atoms with van der Waals surface area (Å²) in [5, 5.41) is 6.33. The van der Waals surface area contributed by atoms with Crippen LogP contribution in [-0.2, 0) is 4.79 Å². The highest BCUT2D eigenvalue weighted by Gasteiger charge is 2.30. The number of amides is 1. The van der Waals surface area contributed by atoms with Gasteiger partial charge < -0.3 is 0 Å². The Hall–Kier alpha value is -0.910. The molecule has 1 aromatic rings. The molecule has 2 heterocycles. The van der Waals surface area contributed by atoms with Crippen molar-refractivity contribution in [3.05, 3.63) is 6.33 Å². The van der Waals surface area contributed by atoms with Gasteiger partial charge in [-0.25, -0.2) is 5.10 Å². The molecule has 0 saturated carbocycles. The first kappa shape index (κ1) is 7.72. The smallest absolute Gasteiger partial charge is 0.230 e. The Morgan fingerprint density at radius 3 is 3.08 bits per heavy atom. The monoisotopic (exact) mass is 230 g/mol. The van der Waals surface area contributed by atoms with Crippen LogP contribution in [0.5, 0.6) is 0 Å². The zero-order valence-corrected chi connectivity index (χ0v) is 7.78. The van der Waals surface area contributed by atoms with E-state index >= 15 is 0 Å². The number of halogens is 1. The molecule has 64 valence electrons. The van der Waals surface area contributed by atoms with Crippen LogP contribution in [0.2, 0.25) is 0 Å². The number of nitrogens with zero attached hydrogens (tertiary/aromatic N) is 3. The molecule has 1 unspecified atom stereocenters. The number of rotatable bonds is 1. The molecule has 2 rings (SSSR count). The van der Waals surface area contributed by atoms with Crippen molar-refractivity contribution in [1.29, 1.82) is 0 Å². The summed E-state index contributed by atoms with van der Waals surface area (Å²) in [5.74, 6) is 0.607. The molecule has 1 N–H and O–H groups in total. The lowest BCUT2D eigenvalue weighted by atomic mass is 10.4. The third-order valence-corrected chi connectivity index (χ3v) is 2.35. The van der Waals surface area contributed by atoms with Crippen molar-refractivity contribution in [3.63, 3.8) is 0 Å². The van der Waals surface area contributed by atoms with Crippen LogP contribution in [0.3, 0.4) is 0 Å². The van der Waals surface area contributed by atoms with E-state index < -0.39 is 0 Å². The highest BCUT2D eigenvalue weighted by atomic mass is 79.9. The molecule has 1 aliphatic rings. The summed E-state index contributed by atoms with van der Waals surface area (Å²) in [7, 11) is 0. The van der Waals surface area contributed by atoms with Crippen LogP contribution < -0.4 is 4.90 Å². The molecular formula is C6H7BrN4O. The van der Waals surface area contributed by atoms with Gasteiger partial charge in [0.05, 0.1) is 0 Å². The molecular weight excluding hydrogens is 224 g/mol. The van der Waals surface area contributed by atoms with E-state index in [1.54, 1.807) is 4.90 Å². The van der Waals surface area contributed by atoms with Crippen molar-refractivity contribution >= 4 is 27.8 Å². The summed E-state index contributed by atoms with van der Waals surface area (Å²) >= 11 is 3.38. The summed E-state index contributed by atoms with van der Waals surface area (Å²) in [4.78, 5) is 17.0. The first-order valence-electron chi connectivity index (χ1n) is 3.57. The molecule has 1 saturated heterocycles. The minimum atomic E-state index is 0.0774. The molecule has 12 heavy (non-hydrogen) atoms. The Balaban J connectivity index is 2.21. The molecule has 0 aliphatic carbocycles. The van der Waals surface area contributed by atoms with Crippen LogP contribution >= 0.6 is 15.9 Å². The van der Waals surface area contributed by atoms with E-state index in [4.69, 9.17) is 0 Å². The maximum absolute atomic E-state index is 11.3. The number of nitrogens with one attached hydrogen (secondary N) is 1. The van der Waals surface area contributed by atoms with Gasteiger partial charge in [0.2, 0.25) is 11.9 Å². The predicted octanol–water partition coefficient (Wildman–Crippen LogP) is 0.305. The first-order valence-corrected chi connectivity index (χ1v) is 4.49. The molecule has 0 aromatic carbocycles. The number of carbonyl (C=O) groups excluding carboxylic acids is 1. The summed E-state index contributed by atoms with van der Waals surface area (Å²) < 4.78 is 0. The van der Waals surface area contributed by atoms with Gasteiger partial charge in [-0.1, -0.05) is 15.9 Å². The van der Waals surface area contributed by atoms with E-state index in [0.29, 0.717) is 18.9 Å². The van der Waals surface area contributed by atoms with Crippen molar-refractivity contribution in [2.24, 2.45) is 0 Å². The third kappa shape index (κ3) is 1.22. The minimum absolute atomic E-state index is 0.0774. The molecule has 0 spiro atoms. The third-order valence-electron chi connectivity index (χ3n) is 1.74. The first-order chi connectivity index (χ1) is 5.77. The lowest BCUT2D eigenvalue weighted by molar-refractivity contribution is -0.117. The fourth-order valence-corrected chi connectivity index (χ4v) is 1.76. The van der Waals surface area contributed by atoms with Gasteiger partial charge in [-0.3, -0.25) is 9.69 Å². The quantitative estimate of drug-likeness (QED) is 0.707. The number of aromatic nitrogens is 3. The fourth-order valence-electron chi connectivity index (χ4n) is 1.20. The summed E-state index contributed by atoms with van der Waals surface area (Å²) in [6.07, 6.45) is 1.92. The molecule has 1 atom stereocenters. The van der Waals surface area contributed by atoms with E-state index in [1.165, 1.54) is 6.33 Å². The average Bonchev–Trinajstić information content (AvgIpc) is 2.58. The summed E-state index contributed by atoms with van der Waals surface area (Å²) in [6, 6.07) is 0. The second-order valence-electron chi connectivity index (χ2n) is 2.61. The normalized spacial score (nSPS) is 23.6. The van der Waals surface area contributed by atoms with E-state index in [1.807, 2.05) is 0 Å². The van der Waals surface area contributed by atoms with E-state index in [-0.39, 0.29) is 10.7 Å². The largest absolute Gasteiger partial charge is 0.280 e. The Labute approximate surface area is 77.3 Å². The van der Waals surface area contributed by atoms with Crippen molar-refractivity contribution in [2.75, 3.05) is 11.4 Å². The number of aromatic amines is 1. The van der Waals surface area contributed by atoms with Crippen LogP contribution in [0.1, 0.15) is 6.42 Å². The SMILES string of the molecule is O=C1CC(Br)CN1c1ncn[nH]1. The highest BCUT2D eigenvalue weighted by Crippen LogP contribution is 2.21. The van der Waals surface area contributed by atoms with Crippen LogP contribution in [0.4, 0.5) is 5.95 Å². The fraction of sp³-hybridized carbons (Fsp3) is 0.500. The highest BCUT2D eigenvalue weighted by molar-refractivity contribution is 9.09. The Bertz CT molecular complexity index is 286. The molecule has 1 aromatic heterocycles. The maximum Gasteiger partial charge on any atom is 0.230 e. The topological polar surface area (TPSA) is 61.9 Å². The summed E-state index contributed by atoms with van der Waals surface area (Å²) in [5.41, 5.74) is 0. The lowest BCUT2D eigenvalue weighted by Crippen LogP contribution is -2.25. The van der Waals surface area contributed by atoms with Gasteiger partial charge in [-0.2, -0.15) is 10.1 Å². The number of anilines is 1. The van der Waals surface area contributed by atoms with Crippen molar-refractivity contribution < 1.29 is 4.79 Å². The molecule has 6 heteroatoms. The molecule has 5 nitrogen and oxygen atoms in total. The van der Waals surface area contributed by atoms with Crippen LogP contribution in [0.15, 0.2) is 6.33 Å². The Morgan fingerprint density at radius 2 is 2.58 bits per heavy atom.